The Morgan fingerprint density at radius 1 is 1.00 bits per heavy atom. The first-order valence-electron chi connectivity index (χ1n) is 17.5. The zero-order chi connectivity index (χ0) is 36.6. The van der Waals surface area contributed by atoms with Crippen molar-refractivity contribution >= 4 is 45.3 Å². The molecule has 8 atom stereocenters. The summed E-state index contributed by atoms with van der Waals surface area (Å²) in [5, 5.41) is 13.7. The van der Waals surface area contributed by atoms with E-state index in [2.05, 4.69) is 21.2 Å². The molecule has 272 valence electrons. The summed E-state index contributed by atoms with van der Waals surface area (Å²) in [5.74, 6) is -4.29. The standard InChI is InChI=1S/C39H46BrN3O8/c1-22(2)28(20-44)43-35-37(47)42(32-23(3)13-12-14-24(32)4)18-11-7-10-17-29(45)41-27(21-49-5)33(25-15-8-6-9-16-25)50-38(48)30-31(36(43)46)39(35)19-26(40)34(30)51-39/h6-9,11-16,19,22,27-28,30-31,33-35,44H,10,17-18,20-21H2,1-5H3,(H,41,45)/b11-7-/t27-,28-,30+,31-,33-,34+,35+,39-/m0/s1. The molecule has 2 saturated heterocycles. The van der Waals surface area contributed by atoms with Gasteiger partial charge < -0.3 is 34.4 Å². The summed E-state index contributed by atoms with van der Waals surface area (Å²) in [6.45, 7) is 7.43. The van der Waals surface area contributed by atoms with Gasteiger partial charge in [-0.15, -0.1) is 0 Å². The van der Waals surface area contributed by atoms with E-state index < -0.39 is 72.2 Å². The number of allylic oxidation sites excluding steroid dienone is 1. The van der Waals surface area contributed by atoms with Gasteiger partial charge in [0.25, 0.3) is 5.91 Å². The van der Waals surface area contributed by atoms with Gasteiger partial charge in [-0.3, -0.25) is 19.2 Å². The third-order valence-electron chi connectivity index (χ3n) is 10.6. The summed E-state index contributed by atoms with van der Waals surface area (Å²) < 4.78 is 19.1. The van der Waals surface area contributed by atoms with Crippen molar-refractivity contribution in [3.63, 3.8) is 0 Å². The first-order valence-corrected chi connectivity index (χ1v) is 18.3. The van der Waals surface area contributed by atoms with Gasteiger partial charge in [-0.1, -0.05) is 90.5 Å². The van der Waals surface area contributed by atoms with Gasteiger partial charge in [0.2, 0.25) is 11.8 Å². The lowest BCUT2D eigenvalue weighted by atomic mass is 9.74. The van der Waals surface area contributed by atoms with E-state index in [0.29, 0.717) is 22.2 Å². The number of hydrogen-bond acceptors (Lipinski definition) is 8. The smallest absolute Gasteiger partial charge is 0.313 e. The predicted molar refractivity (Wildman–Crippen MR) is 194 cm³/mol. The number of benzene rings is 2. The molecule has 4 aliphatic rings. The number of likely N-dealkylation sites (tertiary alicyclic amines) is 1. The molecule has 4 heterocycles. The quantitative estimate of drug-likeness (QED) is 0.315. The normalized spacial score (nSPS) is 31.0. The average molecular weight is 765 g/mol. The number of halogens is 1. The van der Waals surface area contributed by atoms with Crippen LogP contribution in [-0.4, -0.2) is 90.4 Å². The van der Waals surface area contributed by atoms with Crippen molar-refractivity contribution in [3.8, 4) is 0 Å². The number of rotatable bonds is 7. The number of aryl methyl sites for hydroxylation is 2. The number of ether oxygens (including phenoxy) is 3. The maximum atomic E-state index is 15.3. The zero-order valence-electron chi connectivity index (χ0n) is 29.6. The molecule has 4 aliphatic heterocycles. The number of anilines is 1. The first-order chi connectivity index (χ1) is 24.4. The van der Waals surface area contributed by atoms with E-state index in [0.717, 1.165) is 11.1 Å². The first kappa shape index (κ1) is 36.9. The number of hydrogen-bond donors (Lipinski definition) is 2. The second-order valence-corrected chi connectivity index (χ2v) is 15.1. The van der Waals surface area contributed by atoms with Crippen LogP contribution < -0.4 is 10.2 Å². The third kappa shape index (κ3) is 6.56. The van der Waals surface area contributed by atoms with E-state index in [-0.39, 0.29) is 31.4 Å². The minimum absolute atomic E-state index is 0.0522. The summed E-state index contributed by atoms with van der Waals surface area (Å²) in [6.07, 6.45) is 4.16. The molecule has 0 saturated carbocycles. The van der Waals surface area contributed by atoms with Crippen LogP contribution >= 0.6 is 15.9 Å². The Balaban J connectivity index is 1.53. The molecule has 2 fully saturated rings. The number of cyclic esters (lactones) is 1. The zero-order valence-corrected chi connectivity index (χ0v) is 31.2. The highest BCUT2D eigenvalue weighted by Crippen LogP contribution is 2.59. The number of nitrogens with one attached hydrogen (secondary N) is 1. The van der Waals surface area contributed by atoms with E-state index in [1.165, 1.54) is 12.0 Å². The monoisotopic (exact) mass is 763 g/mol. The van der Waals surface area contributed by atoms with Crippen LogP contribution in [0.5, 0.6) is 0 Å². The van der Waals surface area contributed by atoms with Crippen molar-refractivity contribution in [3.05, 3.63) is 87.9 Å². The van der Waals surface area contributed by atoms with Gasteiger partial charge in [-0.25, -0.2) is 0 Å². The molecule has 2 aromatic rings. The topological polar surface area (TPSA) is 135 Å². The van der Waals surface area contributed by atoms with Crippen LogP contribution in [-0.2, 0) is 33.4 Å². The molecule has 2 aromatic carbocycles. The van der Waals surface area contributed by atoms with Crippen LogP contribution in [0, 0.1) is 31.6 Å². The molecule has 11 nitrogen and oxygen atoms in total. The lowest BCUT2D eigenvalue weighted by molar-refractivity contribution is -0.162. The molecule has 5 bridgehead atoms. The number of para-hydroxylation sites is 1. The minimum Gasteiger partial charge on any atom is -0.455 e. The van der Waals surface area contributed by atoms with Crippen molar-refractivity contribution in [2.45, 2.75) is 76.5 Å². The van der Waals surface area contributed by atoms with Crippen LogP contribution in [0.4, 0.5) is 5.69 Å². The second-order valence-electron chi connectivity index (χ2n) is 14.2. The number of esters is 1. The van der Waals surface area contributed by atoms with Crippen molar-refractivity contribution in [1.29, 1.82) is 0 Å². The number of methoxy groups -OCH3 is 1. The van der Waals surface area contributed by atoms with Crippen LogP contribution in [0.2, 0.25) is 0 Å². The fourth-order valence-corrected chi connectivity index (χ4v) is 8.99. The third-order valence-corrected chi connectivity index (χ3v) is 11.3. The molecule has 12 heteroatoms. The number of amides is 3. The summed E-state index contributed by atoms with van der Waals surface area (Å²) in [6, 6.07) is 12.2. The van der Waals surface area contributed by atoms with E-state index >= 15 is 4.79 Å². The van der Waals surface area contributed by atoms with Gasteiger partial charge >= 0.3 is 5.97 Å². The summed E-state index contributed by atoms with van der Waals surface area (Å²) in [4.78, 5) is 61.2. The predicted octanol–water partition coefficient (Wildman–Crippen LogP) is 4.29. The van der Waals surface area contributed by atoms with Gasteiger partial charge in [0, 0.05) is 30.2 Å². The number of nitrogens with zero attached hydrogens (tertiary/aromatic N) is 2. The van der Waals surface area contributed by atoms with E-state index in [4.69, 9.17) is 14.2 Å². The second kappa shape index (κ2) is 15.0. The van der Waals surface area contributed by atoms with Crippen LogP contribution in [0.25, 0.3) is 0 Å². The Kier molecular flexibility index (Phi) is 10.9. The Morgan fingerprint density at radius 3 is 2.35 bits per heavy atom. The molecule has 0 aliphatic carbocycles. The van der Waals surface area contributed by atoms with Gasteiger partial charge in [-0.2, -0.15) is 0 Å². The van der Waals surface area contributed by atoms with Crippen molar-refractivity contribution in [2.75, 3.05) is 31.8 Å². The molecule has 0 aromatic heterocycles. The van der Waals surface area contributed by atoms with Gasteiger partial charge in [-0.05, 0) is 49.0 Å². The van der Waals surface area contributed by atoms with Gasteiger partial charge in [0.15, 0.2) is 0 Å². The van der Waals surface area contributed by atoms with Crippen LogP contribution in [0.1, 0.15) is 49.5 Å². The van der Waals surface area contributed by atoms with E-state index in [9.17, 15) is 19.5 Å². The number of aliphatic hydroxyl groups excluding tert-OH is 1. The molecular formula is C39H46BrN3O8. The number of fused-ring (bicyclic) bond motifs is 2. The Morgan fingerprint density at radius 2 is 1.71 bits per heavy atom. The molecule has 51 heavy (non-hydrogen) atoms. The van der Waals surface area contributed by atoms with Gasteiger partial charge in [0.05, 0.1) is 31.2 Å². The lowest BCUT2D eigenvalue weighted by Crippen LogP contribution is -2.59. The molecule has 2 N–H and O–H groups in total. The van der Waals surface area contributed by atoms with Crippen molar-refractivity contribution in [2.24, 2.45) is 17.8 Å². The van der Waals surface area contributed by atoms with Gasteiger partial charge in [0.1, 0.15) is 29.8 Å². The Hall–Kier alpha value is -3.84. The van der Waals surface area contributed by atoms with Crippen LogP contribution in [0.15, 0.2) is 71.2 Å². The maximum absolute atomic E-state index is 15.3. The molecule has 0 radical (unpaired) electrons. The Bertz CT molecular complexity index is 1710. The largest absolute Gasteiger partial charge is 0.455 e. The number of carbonyl (C=O) groups excluding carboxylic acids is 4. The molecule has 6 rings (SSSR count). The lowest BCUT2D eigenvalue weighted by Gasteiger charge is -2.40. The summed E-state index contributed by atoms with van der Waals surface area (Å²) >= 11 is 3.62. The number of carbonyl (C=O) groups is 4. The van der Waals surface area contributed by atoms with E-state index in [1.807, 2.05) is 76.2 Å². The number of aliphatic hydroxyl groups is 1. The van der Waals surface area contributed by atoms with E-state index in [1.54, 1.807) is 23.1 Å². The minimum atomic E-state index is -1.53. The molecule has 1 spiro atoms. The fraction of sp³-hybridized carbons (Fsp3) is 0.487. The average Bonchev–Trinajstić information content (AvgIpc) is 3.69. The molecule has 3 amide bonds. The fourth-order valence-electron chi connectivity index (χ4n) is 8.26. The summed E-state index contributed by atoms with van der Waals surface area (Å²) in [5.41, 5.74) is 1.52. The highest BCUT2D eigenvalue weighted by atomic mass is 79.9. The maximum Gasteiger partial charge on any atom is 0.313 e. The highest BCUT2D eigenvalue weighted by Gasteiger charge is 2.75. The molecular weight excluding hydrogens is 718 g/mol. The van der Waals surface area contributed by atoms with Crippen molar-refractivity contribution in [1.82, 2.24) is 10.2 Å². The van der Waals surface area contributed by atoms with Crippen molar-refractivity contribution < 1.29 is 38.5 Å². The Labute approximate surface area is 307 Å². The molecule has 0 unspecified atom stereocenters. The SMILES string of the molecule is COC[C@@H]1NC(=O)CC/C=C\CN(c2c(C)cccc2C)C(=O)[C@H]2N([C@@H](CO)C(C)C)C(=O)[C@@H]3[C@@H](C(=O)O[C@H]1c1ccccc1)[C@@H]1O[C@@]32C=C1Br. The highest BCUT2D eigenvalue weighted by molar-refractivity contribution is 9.11. The van der Waals surface area contributed by atoms with Crippen LogP contribution in [0.3, 0.4) is 0 Å². The summed E-state index contributed by atoms with van der Waals surface area (Å²) in [7, 11) is 1.51.